The normalized spacial score (nSPS) is 23.9. The first-order valence-electron chi connectivity index (χ1n) is 8.53. The molecule has 1 aliphatic rings. The molecule has 1 fully saturated rings. The maximum atomic E-state index is 13.2. The fourth-order valence-electron chi connectivity index (χ4n) is 3.39. The first-order valence-corrected chi connectivity index (χ1v) is 10.2. The molecule has 1 saturated heterocycles. The Morgan fingerprint density at radius 1 is 1.27 bits per heavy atom. The van der Waals surface area contributed by atoms with Crippen LogP contribution in [0.4, 0.5) is 0 Å². The van der Waals surface area contributed by atoms with Gasteiger partial charge in [0.15, 0.2) is 5.96 Å². The zero-order valence-corrected chi connectivity index (χ0v) is 18.1. The zero-order valence-electron chi connectivity index (χ0n) is 15.7. The maximum absolute atomic E-state index is 13.2. The number of nitrogens with one attached hydrogen (secondary N) is 2. The predicted octanol–water partition coefficient (Wildman–Crippen LogP) is 4.80. The third-order valence-corrected chi connectivity index (χ3v) is 6.99. The Balaban J connectivity index is 2.10. The molecule has 6 heteroatoms. The summed E-state index contributed by atoms with van der Waals surface area (Å²) in [5.41, 5.74) is 1.59. The molecular formula is C20H24BrN3OS. The molecule has 4 nitrogen and oxygen atoms in total. The molecule has 0 saturated carbocycles. The molecule has 2 aromatic rings. The Bertz CT molecular complexity index is 853. The van der Waals surface area contributed by atoms with Crippen LogP contribution in [0, 0.1) is 5.41 Å². The molecule has 0 aliphatic carbocycles. The molecule has 1 aromatic heterocycles. The fraction of sp³-hybridized carbons (Fsp3) is 0.400. The highest BCUT2D eigenvalue weighted by Crippen LogP contribution is 2.44. The summed E-state index contributed by atoms with van der Waals surface area (Å²) in [5, 5.41) is 13.5. The van der Waals surface area contributed by atoms with Crippen molar-refractivity contribution in [2.75, 3.05) is 7.05 Å². The minimum atomic E-state index is -0.666. The Morgan fingerprint density at radius 2 is 1.88 bits per heavy atom. The number of hydrogen-bond donors (Lipinski definition) is 2. The van der Waals surface area contributed by atoms with Crippen molar-refractivity contribution >= 4 is 39.1 Å². The minimum absolute atomic E-state index is 0.0637. The number of rotatable bonds is 2. The quantitative estimate of drug-likeness (QED) is 0.713. The van der Waals surface area contributed by atoms with Gasteiger partial charge in [0.1, 0.15) is 0 Å². The van der Waals surface area contributed by atoms with Gasteiger partial charge >= 0.3 is 0 Å². The van der Waals surface area contributed by atoms with Crippen molar-refractivity contribution in [2.24, 2.45) is 0 Å². The molecule has 2 heterocycles. The summed E-state index contributed by atoms with van der Waals surface area (Å²) in [6, 6.07) is 10.3. The van der Waals surface area contributed by atoms with Crippen LogP contribution in [0.15, 0.2) is 40.2 Å². The molecule has 3 rings (SSSR count). The van der Waals surface area contributed by atoms with Crippen LogP contribution < -0.4 is 5.32 Å². The van der Waals surface area contributed by atoms with Crippen LogP contribution in [-0.2, 0) is 15.7 Å². The van der Waals surface area contributed by atoms with E-state index in [2.05, 4.69) is 66.3 Å². The van der Waals surface area contributed by atoms with Gasteiger partial charge in [-0.3, -0.25) is 15.1 Å². The standard InChI is InChI=1S/C20H24BrN3OS/c1-19(2,3)13-8-6-12(7-9-13)16-17(25)24(5)18(22)23-20(16,4)15-10-14(21)11-26-15/h6-11,16H,1-5H3,(H2,22,23)/t16?,20-/m1/s1. The van der Waals surface area contributed by atoms with Gasteiger partial charge in [-0.1, -0.05) is 45.0 Å². The number of likely N-dealkylation sites (N-methyl/N-ethyl adjacent to an activating group) is 1. The molecule has 1 unspecified atom stereocenters. The largest absolute Gasteiger partial charge is 0.345 e. The van der Waals surface area contributed by atoms with Crippen molar-refractivity contribution in [2.45, 2.75) is 44.6 Å². The van der Waals surface area contributed by atoms with Crippen LogP contribution in [0.3, 0.4) is 0 Å². The first kappa shape index (κ1) is 19.1. The van der Waals surface area contributed by atoms with Crippen LogP contribution in [0.5, 0.6) is 0 Å². The monoisotopic (exact) mass is 433 g/mol. The second kappa shape index (κ2) is 6.50. The van der Waals surface area contributed by atoms with E-state index >= 15 is 0 Å². The van der Waals surface area contributed by atoms with Crippen molar-refractivity contribution in [3.63, 3.8) is 0 Å². The maximum Gasteiger partial charge on any atom is 0.239 e. The summed E-state index contributed by atoms with van der Waals surface area (Å²) in [4.78, 5) is 15.6. The lowest BCUT2D eigenvalue weighted by Crippen LogP contribution is -2.62. The van der Waals surface area contributed by atoms with E-state index < -0.39 is 11.5 Å². The number of carbonyl (C=O) groups is 1. The van der Waals surface area contributed by atoms with Crippen LogP contribution >= 0.6 is 27.3 Å². The van der Waals surface area contributed by atoms with E-state index in [0.29, 0.717) is 0 Å². The Morgan fingerprint density at radius 3 is 2.38 bits per heavy atom. The Hall–Kier alpha value is -1.66. The van der Waals surface area contributed by atoms with Crippen molar-refractivity contribution in [3.05, 3.63) is 56.2 Å². The second-order valence-corrected chi connectivity index (χ2v) is 9.83. The van der Waals surface area contributed by atoms with Crippen molar-refractivity contribution in [1.29, 1.82) is 5.41 Å². The topological polar surface area (TPSA) is 56.2 Å². The van der Waals surface area contributed by atoms with Crippen LogP contribution in [0.25, 0.3) is 0 Å². The van der Waals surface area contributed by atoms with Gasteiger partial charge in [0.25, 0.3) is 0 Å². The van der Waals surface area contributed by atoms with E-state index in [9.17, 15) is 4.79 Å². The molecule has 0 bridgehead atoms. The van der Waals surface area contributed by atoms with E-state index in [4.69, 9.17) is 5.41 Å². The number of hydrogen-bond acceptors (Lipinski definition) is 3. The summed E-state index contributed by atoms with van der Waals surface area (Å²) in [6.07, 6.45) is 0. The number of benzene rings is 1. The Kier molecular flexibility index (Phi) is 4.78. The van der Waals surface area contributed by atoms with Crippen molar-refractivity contribution in [1.82, 2.24) is 10.2 Å². The number of nitrogens with zero attached hydrogens (tertiary/aromatic N) is 1. The SMILES string of the molecule is CN1C(=N)N[C@](C)(c2cc(Br)cs2)C(c2ccc(C(C)(C)C)cc2)C1=O. The van der Waals surface area contributed by atoms with E-state index in [-0.39, 0.29) is 17.3 Å². The van der Waals surface area contributed by atoms with Gasteiger partial charge in [0, 0.05) is 21.8 Å². The second-order valence-electron chi connectivity index (χ2n) is 8.01. The molecule has 26 heavy (non-hydrogen) atoms. The Labute approximate surface area is 167 Å². The average molecular weight is 434 g/mol. The molecule has 138 valence electrons. The predicted molar refractivity (Wildman–Crippen MR) is 111 cm³/mol. The summed E-state index contributed by atoms with van der Waals surface area (Å²) >= 11 is 5.10. The van der Waals surface area contributed by atoms with E-state index in [0.717, 1.165) is 14.9 Å². The molecule has 0 spiro atoms. The number of carbonyl (C=O) groups excluding carboxylic acids is 1. The van der Waals surface area contributed by atoms with Gasteiger partial charge in [0.05, 0.1) is 11.5 Å². The van der Waals surface area contributed by atoms with Gasteiger partial charge in [-0.05, 0) is 45.5 Å². The summed E-state index contributed by atoms with van der Waals surface area (Å²) < 4.78 is 0.986. The van der Waals surface area contributed by atoms with E-state index in [1.807, 2.05) is 18.4 Å². The molecule has 0 radical (unpaired) electrons. The molecular weight excluding hydrogens is 410 g/mol. The van der Waals surface area contributed by atoms with Crippen LogP contribution in [0.1, 0.15) is 49.6 Å². The lowest BCUT2D eigenvalue weighted by molar-refractivity contribution is -0.131. The highest BCUT2D eigenvalue weighted by Gasteiger charge is 2.49. The van der Waals surface area contributed by atoms with E-state index in [1.54, 1.807) is 18.4 Å². The lowest BCUT2D eigenvalue weighted by atomic mass is 9.76. The smallest absolute Gasteiger partial charge is 0.239 e. The molecule has 1 aliphatic heterocycles. The molecule has 1 amide bonds. The average Bonchev–Trinajstić information content (AvgIpc) is 3.00. The third kappa shape index (κ3) is 3.21. The fourth-order valence-corrected chi connectivity index (χ4v) is 4.97. The molecule has 2 atom stereocenters. The highest BCUT2D eigenvalue weighted by molar-refractivity contribution is 9.10. The van der Waals surface area contributed by atoms with Crippen LogP contribution in [0.2, 0.25) is 0 Å². The van der Waals surface area contributed by atoms with Crippen LogP contribution in [-0.4, -0.2) is 23.8 Å². The number of amides is 1. The van der Waals surface area contributed by atoms with Gasteiger partial charge < -0.3 is 5.32 Å². The summed E-state index contributed by atoms with van der Waals surface area (Å²) in [6.45, 7) is 8.54. The zero-order chi connectivity index (χ0) is 19.3. The van der Waals surface area contributed by atoms with Crippen molar-refractivity contribution in [3.8, 4) is 0 Å². The van der Waals surface area contributed by atoms with Gasteiger partial charge in [-0.15, -0.1) is 11.3 Å². The number of halogens is 1. The number of thiophene rings is 1. The number of guanidine groups is 1. The van der Waals surface area contributed by atoms with Crippen molar-refractivity contribution < 1.29 is 4.79 Å². The summed E-state index contributed by atoms with van der Waals surface area (Å²) in [5.74, 6) is -0.338. The van der Waals surface area contributed by atoms with Gasteiger partial charge in [-0.25, -0.2) is 0 Å². The first-order chi connectivity index (χ1) is 12.0. The molecule has 2 N–H and O–H groups in total. The van der Waals surface area contributed by atoms with Gasteiger partial charge in [0.2, 0.25) is 5.91 Å². The third-order valence-electron chi connectivity index (χ3n) is 5.06. The summed E-state index contributed by atoms with van der Waals surface area (Å²) in [7, 11) is 1.65. The minimum Gasteiger partial charge on any atom is -0.345 e. The highest BCUT2D eigenvalue weighted by atomic mass is 79.9. The molecule has 1 aromatic carbocycles. The lowest BCUT2D eigenvalue weighted by Gasteiger charge is -2.45. The van der Waals surface area contributed by atoms with Gasteiger partial charge in [-0.2, -0.15) is 0 Å². The van der Waals surface area contributed by atoms with E-state index in [1.165, 1.54) is 10.5 Å².